The van der Waals surface area contributed by atoms with E-state index in [0.29, 0.717) is 0 Å². The summed E-state index contributed by atoms with van der Waals surface area (Å²) in [5.41, 5.74) is 3.48. The summed E-state index contributed by atoms with van der Waals surface area (Å²) >= 11 is 6.33. The third kappa shape index (κ3) is 3.78. The topological polar surface area (TPSA) is 21.1 Å². The molecular formula is C17H26ClN3. The van der Waals surface area contributed by atoms with Gasteiger partial charge in [0.2, 0.25) is 0 Å². The van der Waals surface area contributed by atoms with Gasteiger partial charge in [-0.25, -0.2) is 4.98 Å². The molecule has 1 heterocycles. The lowest BCUT2D eigenvalue weighted by atomic mass is 10.2. The second-order valence-electron chi connectivity index (χ2n) is 5.66. The SMILES string of the molecule is CCCN(CC)CCn1c(C(C)Cl)nc2cc(C)ccc21. The highest BCUT2D eigenvalue weighted by molar-refractivity contribution is 6.20. The maximum atomic E-state index is 6.33. The van der Waals surface area contributed by atoms with Crippen molar-refractivity contribution in [3.63, 3.8) is 0 Å². The Kier molecular flexibility index (Phi) is 5.65. The maximum Gasteiger partial charge on any atom is 0.127 e. The lowest BCUT2D eigenvalue weighted by Gasteiger charge is -2.21. The molecule has 2 aromatic rings. The van der Waals surface area contributed by atoms with Gasteiger partial charge in [-0.15, -0.1) is 11.6 Å². The normalized spacial score (nSPS) is 13.2. The summed E-state index contributed by atoms with van der Waals surface area (Å²) in [6, 6.07) is 6.45. The molecular weight excluding hydrogens is 282 g/mol. The molecule has 3 nitrogen and oxygen atoms in total. The van der Waals surface area contributed by atoms with Gasteiger partial charge in [0.1, 0.15) is 5.82 Å². The van der Waals surface area contributed by atoms with Crippen molar-refractivity contribution in [2.45, 2.75) is 46.0 Å². The highest BCUT2D eigenvalue weighted by atomic mass is 35.5. The predicted molar refractivity (Wildman–Crippen MR) is 91.1 cm³/mol. The molecule has 0 fully saturated rings. The van der Waals surface area contributed by atoms with Crippen LogP contribution in [0.2, 0.25) is 0 Å². The van der Waals surface area contributed by atoms with E-state index in [-0.39, 0.29) is 5.38 Å². The molecule has 0 aliphatic rings. The van der Waals surface area contributed by atoms with Crippen LogP contribution in [0.4, 0.5) is 0 Å². The van der Waals surface area contributed by atoms with Crippen LogP contribution in [0, 0.1) is 6.92 Å². The number of aromatic nitrogens is 2. The van der Waals surface area contributed by atoms with E-state index in [1.54, 1.807) is 0 Å². The zero-order valence-electron chi connectivity index (χ0n) is 13.6. The van der Waals surface area contributed by atoms with Gasteiger partial charge in [0.15, 0.2) is 0 Å². The van der Waals surface area contributed by atoms with Crippen LogP contribution in [0.5, 0.6) is 0 Å². The zero-order chi connectivity index (χ0) is 15.4. The maximum absolute atomic E-state index is 6.33. The van der Waals surface area contributed by atoms with E-state index in [2.05, 4.69) is 48.4 Å². The lowest BCUT2D eigenvalue weighted by Crippen LogP contribution is -2.28. The monoisotopic (exact) mass is 307 g/mol. The highest BCUT2D eigenvalue weighted by Crippen LogP contribution is 2.25. The number of aryl methyl sites for hydroxylation is 1. The molecule has 0 amide bonds. The van der Waals surface area contributed by atoms with Crippen LogP contribution in [0.3, 0.4) is 0 Å². The molecule has 1 unspecified atom stereocenters. The van der Waals surface area contributed by atoms with Crippen LogP contribution in [-0.2, 0) is 6.54 Å². The molecule has 116 valence electrons. The summed E-state index contributed by atoms with van der Waals surface area (Å²) in [5.74, 6) is 0.977. The summed E-state index contributed by atoms with van der Waals surface area (Å²) in [6.07, 6.45) is 1.19. The molecule has 0 saturated heterocycles. The first-order chi connectivity index (χ1) is 10.1. The smallest absolute Gasteiger partial charge is 0.127 e. The van der Waals surface area contributed by atoms with Crippen LogP contribution in [0.25, 0.3) is 11.0 Å². The van der Waals surface area contributed by atoms with Crippen molar-refractivity contribution in [3.05, 3.63) is 29.6 Å². The number of benzene rings is 1. The third-order valence-electron chi connectivity index (χ3n) is 3.92. The number of fused-ring (bicyclic) bond motifs is 1. The molecule has 0 saturated carbocycles. The third-order valence-corrected chi connectivity index (χ3v) is 4.11. The Bertz CT molecular complexity index is 589. The first kappa shape index (κ1) is 16.3. The van der Waals surface area contributed by atoms with Gasteiger partial charge in [-0.1, -0.05) is 19.9 Å². The van der Waals surface area contributed by atoms with Gasteiger partial charge < -0.3 is 9.47 Å². The van der Waals surface area contributed by atoms with Crippen LogP contribution in [0.1, 0.15) is 44.0 Å². The summed E-state index contributed by atoms with van der Waals surface area (Å²) < 4.78 is 2.28. The Morgan fingerprint density at radius 2 is 2.05 bits per heavy atom. The average Bonchev–Trinajstić information content (AvgIpc) is 2.81. The molecule has 1 atom stereocenters. The second kappa shape index (κ2) is 7.28. The number of likely N-dealkylation sites (N-methyl/N-ethyl adjacent to an activating group) is 1. The zero-order valence-corrected chi connectivity index (χ0v) is 14.3. The minimum Gasteiger partial charge on any atom is -0.325 e. The number of imidazole rings is 1. The Morgan fingerprint density at radius 3 is 2.67 bits per heavy atom. The van der Waals surface area contributed by atoms with E-state index < -0.39 is 0 Å². The van der Waals surface area contributed by atoms with Crippen LogP contribution in [-0.4, -0.2) is 34.1 Å². The summed E-state index contributed by atoms with van der Waals surface area (Å²) in [5, 5.41) is -0.0704. The van der Waals surface area contributed by atoms with Crippen molar-refractivity contribution in [3.8, 4) is 0 Å². The molecule has 2 rings (SSSR count). The van der Waals surface area contributed by atoms with Crippen LogP contribution >= 0.6 is 11.6 Å². The van der Waals surface area contributed by atoms with Gasteiger partial charge >= 0.3 is 0 Å². The standard InChI is InChI=1S/C17H26ClN3/c1-5-9-20(6-2)10-11-21-16-8-7-13(3)12-15(16)19-17(21)14(4)18/h7-8,12,14H,5-6,9-11H2,1-4H3. The number of alkyl halides is 1. The van der Waals surface area contributed by atoms with Crippen molar-refractivity contribution < 1.29 is 0 Å². The second-order valence-corrected chi connectivity index (χ2v) is 6.32. The molecule has 21 heavy (non-hydrogen) atoms. The van der Waals surface area contributed by atoms with E-state index in [4.69, 9.17) is 16.6 Å². The van der Waals surface area contributed by atoms with Crippen molar-refractivity contribution >= 4 is 22.6 Å². The van der Waals surface area contributed by atoms with E-state index >= 15 is 0 Å². The Balaban J connectivity index is 2.30. The summed E-state index contributed by atoms with van der Waals surface area (Å²) in [6.45, 7) is 12.8. The van der Waals surface area contributed by atoms with Gasteiger partial charge in [-0.3, -0.25) is 0 Å². The molecule has 0 aliphatic carbocycles. The first-order valence-corrected chi connectivity index (χ1v) is 8.33. The van der Waals surface area contributed by atoms with E-state index in [9.17, 15) is 0 Å². The molecule has 0 aliphatic heterocycles. The van der Waals surface area contributed by atoms with Crippen molar-refractivity contribution in [2.75, 3.05) is 19.6 Å². The quantitative estimate of drug-likeness (QED) is 0.708. The van der Waals surface area contributed by atoms with E-state index in [1.165, 1.54) is 17.5 Å². The van der Waals surface area contributed by atoms with Crippen LogP contribution < -0.4 is 0 Å². The van der Waals surface area contributed by atoms with Crippen LogP contribution in [0.15, 0.2) is 18.2 Å². The molecule has 0 N–H and O–H groups in total. The molecule has 0 spiro atoms. The van der Waals surface area contributed by atoms with Crippen molar-refractivity contribution in [1.82, 2.24) is 14.5 Å². The number of hydrogen-bond donors (Lipinski definition) is 0. The van der Waals surface area contributed by atoms with Gasteiger partial charge in [0.25, 0.3) is 0 Å². The number of halogens is 1. The Hall–Kier alpha value is -1.06. The average molecular weight is 308 g/mol. The number of nitrogens with zero attached hydrogens (tertiary/aromatic N) is 3. The van der Waals surface area contributed by atoms with E-state index in [0.717, 1.165) is 37.5 Å². The number of hydrogen-bond acceptors (Lipinski definition) is 2. The highest BCUT2D eigenvalue weighted by Gasteiger charge is 2.15. The molecule has 1 aromatic carbocycles. The largest absolute Gasteiger partial charge is 0.325 e. The molecule has 0 bridgehead atoms. The lowest BCUT2D eigenvalue weighted by molar-refractivity contribution is 0.276. The van der Waals surface area contributed by atoms with Gasteiger partial charge in [-0.05, 0) is 51.1 Å². The summed E-state index contributed by atoms with van der Waals surface area (Å²) in [7, 11) is 0. The minimum absolute atomic E-state index is 0.0704. The van der Waals surface area contributed by atoms with Gasteiger partial charge in [0.05, 0.1) is 16.4 Å². The molecule has 0 radical (unpaired) electrons. The van der Waals surface area contributed by atoms with E-state index in [1.807, 2.05) is 6.92 Å². The fourth-order valence-electron chi connectivity index (χ4n) is 2.78. The Morgan fingerprint density at radius 1 is 1.29 bits per heavy atom. The molecule has 1 aromatic heterocycles. The molecule has 4 heteroatoms. The van der Waals surface area contributed by atoms with Gasteiger partial charge in [-0.2, -0.15) is 0 Å². The van der Waals surface area contributed by atoms with Crippen molar-refractivity contribution in [1.29, 1.82) is 0 Å². The van der Waals surface area contributed by atoms with Crippen molar-refractivity contribution in [2.24, 2.45) is 0 Å². The first-order valence-electron chi connectivity index (χ1n) is 7.90. The fourth-order valence-corrected chi connectivity index (χ4v) is 2.95. The Labute approximate surface area is 132 Å². The predicted octanol–water partition coefficient (Wildman–Crippen LogP) is 4.38. The summed E-state index contributed by atoms with van der Waals surface area (Å²) in [4.78, 5) is 7.21. The van der Waals surface area contributed by atoms with Gasteiger partial charge in [0, 0.05) is 13.1 Å². The fraction of sp³-hybridized carbons (Fsp3) is 0.588. The minimum atomic E-state index is -0.0704. The number of rotatable bonds is 7.